The van der Waals surface area contributed by atoms with Gasteiger partial charge in [-0.05, 0) is 36.4 Å². The molecule has 1 N–H and O–H groups in total. The monoisotopic (exact) mass is 399 g/mol. The highest BCUT2D eigenvalue weighted by Crippen LogP contribution is 2.28. The summed E-state index contributed by atoms with van der Waals surface area (Å²) >= 11 is 6.00. The van der Waals surface area contributed by atoms with E-state index in [1.807, 2.05) is 0 Å². The molecular formula is C19H15ClFN5O2. The quantitative estimate of drug-likeness (QED) is 0.732. The zero-order valence-electron chi connectivity index (χ0n) is 14.6. The summed E-state index contributed by atoms with van der Waals surface area (Å²) in [5, 5.41) is 7.31. The minimum Gasteiger partial charge on any atom is -0.353 e. The molecule has 0 radical (unpaired) electrons. The zero-order chi connectivity index (χ0) is 19.7. The number of nitrogens with one attached hydrogen (secondary N) is 1. The molecule has 3 heterocycles. The Morgan fingerprint density at radius 2 is 2.11 bits per heavy atom. The number of piperazine rings is 1. The third kappa shape index (κ3) is 3.59. The number of amides is 2. The van der Waals surface area contributed by atoms with Gasteiger partial charge in [0.05, 0.1) is 24.1 Å². The number of nitrogens with zero attached hydrogens (tertiary/aromatic N) is 4. The van der Waals surface area contributed by atoms with Gasteiger partial charge in [-0.3, -0.25) is 14.6 Å². The average molecular weight is 400 g/mol. The van der Waals surface area contributed by atoms with Crippen molar-refractivity contribution in [2.45, 2.75) is 0 Å². The molecule has 0 spiro atoms. The Bertz CT molecular complexity index is 1030. The predicted octanol–water partition coefficient (Wildman–Crippen LogP) is 2.30. The van der Waals surface area contributed by atoms with Crippen LogP contribution in [0.2, 0.25) is 5.02 Å². The number of hydrogen-bond donors (Lipinski definition) is 1. The van der Waals surface area contributed by atoms with E-state index in [2.05, 4.69) is 15.4 Å². The lowest BCUT2D eigenvalue weighted by molar-refractivity contribution is -0.123. The summed E-state index contributed by atoms with van der Waals surface area (Å²) in [7, 11) is 0. The van der Waals surface area contributed by atoms with Crippen LogP contribution in [0.1, 0.15) is 10.5 Å². The Kier molecular flexibility index (Phi) is 4.79. The molecule has 0 atom stereocenters. The molecule has 0 saturated carbocycles. The maximum absolute atomic E-state index is 13.9. The van der Waals surface area contributed by atoms with E-state index in [0.29, 0.717) is 30.0 Å². The van der Waals surface area contributed by atoms with Crippen LogP contribution >= 0.6 is 11.6 Å². The molecular weight excluding hydrogens is 385 g/mol. The SMILES string of the molecule is O=C1CN(C(=O)c2cc(-c3cc(F)cc(Cl)c3)n(-c3cccnc3)n2)CCN1. The van der Waals surface area contributed by atoms with Crippen molar-refractivity contribution < 1.29 is 14.0 Å². The van der Waals surface area contributed by atoms with Crippen molar-refractivity contribution in [3.8, 4) is 16.9 Å². The van der Waals surface area contributed by atoms with Crippen LogP contribution in [0.5, 0.6) is 0 Å². The second-order valence-corrected chi connectivity index (χ2v) is 6.71. The molecule has 1 aromatic carbocycles. The van der Waals surface area contributed by atoms with Gasteiger partial charge in [-0.25, -0.2) is 9.07 Å². The van der Waals surface area contributed by atoms with Crippen molar-refractivity contribution in [2.75, 3.05) is 19.6 Å². The number of halogens is 2. The fraction of sp³-hybridized carbons (Fsp3) is 0.158. The number of benzene rings is 1. The minimum atomic E-state index is -0.498. The van der Waals surface area contributed by atoms with Gasteiger partial charge < -0.3 is 10.2 Å². The molecule has 4 rings (SSSR count). The van der Waals surface area contributed by atoms with Gasteiger partial charge in [-0.15, -0.1) is 0 Å². The van der Waals surface area contributed by atoms with E-state index in [0.717, 1.165) is 0 Å². The highest BCUT2D eigenvalue weighted by atomic mass is 35.5. The van der Waals surface area contributed by atoms with E-state index in [1.165, 1.54) is 21.7 Å². The molecule has 0 bridgehead atoms. The Morgan fingerprint density at radius 3 is 2.82 bits per heavy atom. The Balaban J connectivity index is 1.80. The van der Waals surface area contributed by atoms with E-state index in [4.69, 9.17) is 11.6 Å². The molecule has 3 aromatic rings. The molecule has 2 amide bonds. The Hall–Kier alpha value is -3.26. The van der Waals surface area contributed by atoms with Crippen LogP contribution in [-0.4, -0.2) is 51.1 Å². The number of carbonyl (C=O) groups is 2. The normalized spacial score (nSPS) is 14.1. The fourth-order valence-electron chi connectivity index (χ4n) is 3.04. The van der Waals surface area contributed by atoms with Crippen LogP contribution in [0.3, 0.4) is 0 Å². The molecule has 7 nitrogen and oxygen atoms in total. The number of hydrogen-bond acceptors (Lipinski definition) is 4. The largest absolute Gasteiger partial charge is 0.353 e. The van der Waals surface area contributed by atoms with Crippen molar-refractivity contribution in [3.05, 3.63) is 65.3 Å². The molecule has 1 saturated heterocycles. The van der Waals surface area contributed by atoms with Gasteiger partial charge in [0, 0.05) is 29.9 Å². The summed E-state index contributed by atoms with van der Waals surface area (Å²) in [5.41, 5.74) is 1.71. The first-order chi connectivity index (χ1) is 13.5. The first-order valence-corrected chi connectivity index (χ1v) is 8.92. The molecule has 142 valence electrons. The lowest BCUT2D eigenvalue weighted by Gasteiger charge is -2.25. The Labute approximate surface area is 164 Å². The van der Waals surface area contributed by atoms with E-state index < -0.39 is 5.82 Å². The topological polar surface area (TPSA) is 80.1 Å². The van der Waals surface area contributed by atoms with Gasteiger partial charge in [0.25, 0.3) is 5.91 Å². The van der Waals surface area contributed by atoms with Gasteiger partial charge in [-0.1, -0.05) is 11.6 Å². The fourth-order valence-corrected chi connectivity index (χ4v) is 3.26. The third-order valence-corrected chi connectivity index (χ3v) is 4.52. The standard InChI is InChI=1S/C19H15ClFN5O2/c20-13-6-12(7-14(21)8-13)17-9-16(19(28)25-5-4-23-18(27)11-25)24-26(17)15-2-1-3-22-10-15/h1-3,6-10H,4-5,11H2,(H,23,27). The molecule has 28 heavy (non-hydrogen) atoms. The summed E-state index contributed by atoms with van der Waals surface area (Å²) in [6.45, 7) is 0.755. The molecule has 9 heteroatoms. The maximum Gasteiger partial charge on any atom is 0.274 e. The first-order valence-electron chi connectivity index (χ1n) is 8.54. The van der Waals surface area contributed by atoms with Crippen molar-refractivity contribution in [1.82, 2.24) is 25.0 Å². The van der Waals surface area contributed by atoms with E-state index >= 15 is 0 Å². The minimum absolute atomic E-state index is 0.0281. The van der Waals surface area contributed by atoms with E-state index in [9.17, 15) is 14.0 Å². The molecule has 0 aliphatic carbocycles. The average Bonchev–Trinajstić information content (AvgIpc) is 3.13. The van der Waals surface area contributed by atoms with E-state index in [1.54, 1.807) is 36.7 Å². The predicted molar refractivity (Wildman–Crippen MR) is 101 cm³/mol. The molecule has 2 aromatic heterocycles. The van der Waals surface area contributed by atoms with Crippen LogP contribution in [0, 0.1) is 5.82 Å². The van der Waals surface area contributed by atoms with Crippen LogP contribution in [0.4, 0.5) is 4.39 Å². The van der Waals surface area contributed by atoms with Crippen LogP contribution in [-0.2, 0) is 4.79 Å². The smallest absolute Gasteiger partial charge is 0.274 e. The molecule has 1 aliphatic heterocycles. The number of pyridine rings is 1. The van der Waals surface area contributed by atoms with Crippen LogP contribution in [0.25, 0.3) is 16.9 Å². The number of aromatic nitrogens is 3. The van der Waals surface area contributed by atoms with Crippen LogP contribution < -0.4 is 5.32 Å². The van der Waals surface area contributed by atoms with Gasteiger partial charge in [0.2, 0.25) is 5.91 Å². The van der Waals surface area contributed by atoms with Crippen LogP contribution in [0.15, 0.2) is 48.8 Å². The second kappa shape index (κ2) is 7.40. The summed E-state index contributed by atoms with van der Waals surface area (Å²) in [6.07, 6.45) is 3.20. The second-order valence-electron chi connectivity index (χ2n) is 6.27. The summed E-state index contributed by atoms with van der Waals surface area (Å²) in [4.78, 5) is 30.0. The molecule has 0 unspecified atom stereocenters. The lowest BCUT2D eigenvalue weighted by atomic mass is 10.1. The highest BCUT2D eigenvalue weighted by molar-refractivity contribution is 6.30. The van der Waals surface area contributed by atoms with Gasteiger partial charge in [0.15, 0.2) is 5.69 Å². The van der Waals surface area contributed by atoms with Crippen molar-refractivity contribution in [3.63, 3.8) is 0 Å². The zero-order valence-corrected chi connectivity index (χ0v) is 15.4. The first kappa shape index (κ1) is 18.1. The van der Waals surface area contributed by atoms with Crippen molar-refractivity contribution in [1.29, 1.82) is 0 Å². The van der Waals surface area contributed by atoms with Gasteiger partial charge in [0.1, 0.15) is 5.82 Å². The third-order valence-electron chi connectivity index (χ3n) is 4.30. The summed E-state index contributed by atoms with van der Waals surface area (Å²) < 4.78 is 15.4. The van der Waals surface area contributed by atoms with Gasteiger partial charge in [-0.2, -0.15) is 5.10 Å². The summed E-state index contributed by atoms with van der Waals surface area (Å²) in [6, 6.07) is 9.18. The lowest BCUT2D eigenvalue weighted by Crippen LogP contribution is -2.50. The maximum atomic E-state index is 13.9. The summed E-state index contributed by atoms with van der Waals surface area (Å²) in [5.74, 6) is -1.09. The molecule has 1 aliphatic rings. The van der Waals surface area contributed by atoms with E-state index in [-0.39, 0.29) is 29.1 Å². The Morgan fingerprint density at radius 1 is 1.25 bits per heavy atom. The van der Waals surface area contributed by atoms with Crippen molar-refractivity contribution in [2.24, 2.45) is 0 Å². The number of rotatable bonds is 3. The number of carbonyl (C=O) groups excluding carboxylic acids is 2. The highest BCUT2D eigenvalue weighted by Gasteiger charge is 2.26. The van der Waals surface area contributed by atoms with Gasteiger partial charge >= 0.3 is 0 Å². The van der Waals surface area contributed by atoms with Crippen molar-refractivity contribution >= 4 is 23.4 Å². The molecule has 1 fully saturated rings.